The van der Waals surface area contributed by atoms with Crippen molar-refractivity contribution in [2.75, 3.05) is 19.6 Å². The minimum atomic E-state index is -0.824. The van der Waals surface area contributed by atoms with Crippen LogP contribution in [0.25, 0.3) is 0 Å². The second kappa shape index (κ2) is 9.32. The Bertz CT molecular complexity index is 253. The van der Waals surface area contributed by atoms with Crippen LogP contribution in [0.15, 0.2) is 0 Å². The van der Waals surface area contributed by atoms with E-state index < -0.39 is 11.5 Å². The Kier molecular flexibility index (Phi) is 9.02. The molecule has 0 saturated heterocycles. The minimum absolute atomic E-state index is 0.283. The van der Waals surface area contributed by atoms with E-state index in [9.17, 15) is 9.90 Å². The van der Waals surface area contributed by atoms with Crippen molar-refractivity contribution in [2.24, 2.45) is 0 Å². The van der Waals surface area contributed by atoms with E-state index in [1.165, 1.54) is 0 Å². The van der Waals surface area contributed by atoms with Gasteiger partial charge in [0.05, 0.1) is 0 Å². The molecule has 4 nitrogen and oxygen atoms in total. The van der Waals surface area contributed by atoms with Crippen molar-refractivity contribution in [1.82, 2.24) is 10.2 Å². The molecule has 0 aromatic rings. The molecule has 0 aliphatic rings. The predicted molar refractivity (Wildman–Crippen MR) is 80.6 cm³/mol. The van der Waals surface area contributed by atoms with Crippen LogP contribution in [0, 0.1) is 0 Å². The number of nitrogens with one attached hydrogen (secondary N) is 1. The molecule has 0 aliphatic heterocycles. The second-order valence-corrected chi connectivity index (χ2v) is 5.65. The van der Waals surface area contributed by atoms with Gasteiger partial charge in [-0.15, -0.1) is 0 Å². The molecule has 0 rings (SSSR count). The maximum Gasteiger partial charge on any atom is 0.323 e. The molecule has 0 aromatic carbocycles. The van der Waals surface area contributed by atoms with E-state index in [4.69, 9.17) is 0 Å². The summed E-state index contributed by atoms with van der Waals surface area (Å²) in [6.45, 7) is 13.2. The molecule has 0 spiro atoms. The Morgan fingerprint density at radius 1 is 1.21 bits per heavy atom. The van der Waals surface area contributed by atoms with Crippen molar-refractivity contribution < 1.29 is 9.90 Å². The molecule has 0 aromatic heterocycles. The fourth-order valence-corrected chi connectivity index (χ4v) is 2.48. The predicted octanol–water partition coefficient (Wildman–Crippen LogP) is 2.73. The van der Waals surface area contributed by atoms with Crippen LogP contribution in [0.2, 0.25) is 0 Å². The highest BCUT2D eigenvalue weighted by molar-refractivity contribution is 5.78. The molecule has 0 aliphatic carbocycles. The van der Waals surface area contributed by atoms with Gasteiger partial charge in [0.15, 0.2) is 0 Å². The van der Waals surface area contributed by atoms with Crippen molar-refractivity contribution >= 4 is 5.97 Å². The number of nitrogens with zero attached hydrogens (tertiary/aromatic N) is 1. The van der Waals surface area contributed by atoms with Crippen LogP contribution in [0.1, 0.15) is 60.3 Å². The Labute approximate surface area is 118 Å². The normalized spacial score (nSPS) is 16.3. The summed E-state index contributed by atoms with van der Waals surface area (Å²) in [5, 5.41) is 12.7. The summed E-state index contributed by atoms with van der Waals surface area (Å²) in [7, 11) is 0. The van der Waals surface area contributed by atoms with Crippen LogP contribution in [0.3, 0.4) is 0 Å². The van der Waals surface area contributed by atoms with E-state index in [0.717, 1.165) is 38.9 Å². The molecule has 0 heterocycles. The fourth-order valence-electron chi connectivity index (χ4n) is 2.48. The molecular formula is C15H32N2O2. The maximum atomic E-state index is 11.5. The zero-order chi connectivity index (χ0) is 14.9. The van der Waals surface area contributed by atoms with Gasteiger partial charge in [-0.2, -0.15) is 0 Å². The number of carboxylic acid groups (broad SMARTS) is 1. The lowest BCUT2D eigenvalue weighted by atomic mass is 9.92. The molecule has 19 heavy (non-hydrogen) atoms. The molecule has 0 fully saturated rings. The monoisotopic (exact) mass is 272 g/mol. The molecule has 4 heteroatoms. The molecule has 2 N–H and O–H groups in total. The Morgan fingerprint density at radius 2 is 1.74 bits per heavy atom. The number of carbonyl (C=O) groups is 1. The third-order valence-corrected chi connectivity index (χ3v) is 3.59. The van der Waals surface area contributed by atoms with Gasteiger partial charge in [-0.05, 0) is 59.2 Å². The van der Waals surface area contributed by atoms with Crippen molar-refractivity contribution in [3.63, 3.8) is 0 Å². The van der Waals surface area contributed by atoms with Crippen molar-refractivity contribution in [1.29, 1.82) is 0 Å². The van der Waals surface area contributed by atoms with Gasteiger partial charge < -0.3 is 15.3 Å². The number of carboxylic acids is 1. The molecule has 2 atom stereocenters. The lowest BCUT2D eigenvalue weighted by Gasteiger charge is -2.35. The first kappa shape index (κ1) is 18.4. The van der Waals surface area contributed by atoms with E-state index in [2.05, 4.69) is 37.9 Å². The summed E-state index contributed by atoms with van der Waals surface area (Å²) in [6.07, 6.45) is 3.81. The highest BCUT2D eigenvalue weighted by Gasteiger charge is 2.35. The Balaban J connectivity index is 4.66. The molecule has 0 saturated carbocycles. The molecular weight excluding hydrogens is 240 g/mol. The van der Waals surface area contributed by atoms with E-state index in [-0.39, 0.29) is 6.04 Å². The quantitative estimate of drug-likeness (QED) is 0.607. The summed E-state index contributed by atoms with van der Waals surface area (Å²) in [4.78, 5) is 13.9. The van der Waals surface area contributed by atoms with Gasteiger partial charge in [0.25, 0.3) is 0 Å². The number of hydrogen-bond acceptors (Lipinski definition) is 3. The van der Waals surface area contributed by atoms with Crippen LogP contribution >= 0.6 is 0 Å². The molecule has 2 unspecified atom stereocenters. The van der Waals surface area contributed by atoms with Gasteiger partial charge in [0.2, 0.25) is 0 Å². The van der Waals surface area contributed by atoms with Gasteiger partial charge in [-0.1, -0.05) is 20.8 Å². The van der Waals surface area contributed by atoms with Crippen LogP contribution in [-0.4, -0.2) is 47.2 Å². The standard InChI is InChI=1S/C15H32N2O2/c1-6-9-16-15(5,14(18)19)12-13(4)17(10-7-2)11-8-3/h13,16H,6-12H2,1-5H3,(H,18,19). The average molecular weight is 272 g/mol. The molecule has 0 amide bonds. The highest BCUT2D eigenvalue weighted by Crippen LogP contribution is 2.17. The Morgan fingerprint density at radius 3 is 2.11 bits per heavy atom. The summed E-state index contributed by atoms with van der Waals surface area (Å²) in [5.74, 6) is -0.749. The smallest absolute Gasteiger partial charge is 0.323 e. The summed E-state index contributed by atoms with van der Waals surface area (Å²) in [6, 6.07) is 0.283. The van der Waals surface area contributed by atoms with Gasteiger partial charge in [-0.3, -0.25) is 4.79 Å². The van der Waals surface area contributed by atoms with Gasteiger partial charge in [0, 0.05) is 6.04 Å². The second-order valence-electron chi connectivity index (χ2n) is 5.65. The van der Waals surface area contributed by atoms with Crippen molar-refractivity contribution in [3.8, 4) is 0 Å². The lowest BCUT2D eigenvalue weighted by molar-refractivity contribution is -0.145. The van der Waals surface area contributed by atoms with Crippen molar-refractivity contribution in [2.45, 2.75) is 71.9 Å². The first-order chi connectivity index (χ1) is 8.91. The Hall–Kier alpha value is -0.610. The van der Waals surface area contributed by atoms with Gasteiger partial charge in [-0.25, -0.2) is 0 Å². The topological polar surface area (TPSA) is 52.6 Å². The molecule has 0 bridgehead atoms. The third kappa shape index (κ3) is 6.39. The first-order valence-electron chi connectivity index (χ1n) is 7.63. The summed E-state index contributed by atoms with van der Waals surface area (Å²) < 4.78 is 0. The van der Waals surface area contributed by atoms with Gasteiger partial charge >= 0.3 is 5.97 Å². The van der Waals surface area contributed by atoms with E-state index in [0.29, 0.717) is 6.42 Å². The minimum Gasteiger partial charge on any atom is -0.480 e. The van der Waals surface area contributed by atoms with E-state index in [1.807, 2.05) is 0 Å². The number of rotatable bonds is 11. The molecule has 0 radical (unpaired) electrons. The zero-order valence-electron chi connectivity index (χ0n) is 13.3. The highest BCUT2D eigenvalue weighted by atomic mass is 16.4. The zero-order valence-corrected chi connectivity index (χ0v) is 13.3. The third-order valence-electron chi connectivity index (χ3n) is 3.59. The van der Waals surface area contributed by atoms with Crippen LogP contribution < -0.4 is 5.32 Å². The SMILES string of the molecule is CCCNC(C)(CC(C)N(CCC)CCC)C(=O)O. The number of hydrogen-bond donors (Lipinski definition) is 2. The maximum absolute atomic E-state index is 11.5. The van der Waals surface area contributed by atoms with Gasteiger partial charge in [0.1, 0.15) is 5.54 Å². The summed E-state index contributed by atoms with van der Waals surface area (Å²) >= 11 is 0. The fraction of sp³-hybridized carbons (Fsp3) is 0.933. The molecule has 114 valence electrons. The first-order valence-corrected chi connectivity index (χ1v) is 7.63. The van der Waals surface area contributed by atoms with E-state index in [1.54, 1.807) is 6.92 Å². The lowest BCUT2D eigenvalue weighted by Crippen LogP contribution is -2.53. The average Bonchev–Trinajstić information content (AvgIpc) is 2.35. The van der Waals surface area contributed by atoms with Crippen LogP contribution in [0.5, 0.6) is 0 Å². The van der Waals surface area contributed by atoms with Crippen molar-refractivity contribution in [3.05, 3.63) is 0 Å². The number of aliphatic carboxylic acids is 1. The van der Waals surface area contributed by atoms with Crippen LogP contribution in [0.4, 0.5) is 0 Å². The largest absolute Gasteiger partial charge is 0.480 e. The van der Waals surface area contributed by atoms with Crippen LogP contribution in [-0.2, 0) is 4.79 Å². The van der Waals surface area contributed by atoms with E-state index >= 15 is 0 Å². The summed E-state index contributed by atoms with van der Waals surface area (Å²) in [5.41, 5.74) is -0.824.